The maximum atomic E-state index is 11.5. The minimum absolute atomic E-state index is 0.139. The first-order chi connectivity index (χ1) is 8.20. The van der Waals surface area contributed by atoms with Crippen molar-refractivity contribution in [2.24, 2.45) is 5.41 Å². The van der Waals surface area contributed by atoms with Crippen LogP contribution in [0.2, 0.25) is 0 Å². The summed E-state index contributed by atoms with van der Waals surface area (Å²) < 4.78 is 5.52. The molecule has 4 saturated carbocycles. The van der Waals surface area contributed by atoms with E-state index in [1.165, 1.54) is 0 Å². The molecular formula is C14H20O4. The van der Waals surface area contributed by atoms with Crippen molar-refractivity contribution in [3.05, 3.63) is 12.7 Å². The summed E-state index contributed by atoms with van der Waals surface area (Å²) in [6.07, 6.45) is 4.54. The van der Waals surface area contributed by atoms with Crippen LogP contribution in [0.4, 0.5) is 0 Å². The lowest BCUT2D eigenvalue weighted by atomic mass is 9.45. The van der Waals surface area contributed by atoms with Crippen LogP contribution in [0.15, 0.2) is 12.7 Å². The van der Waals surface area contributed by atoms with Gasteiger partial charge in [0, 0.05) is 25.3 Å². The largest absolute Gasteiger partial charge is 0.456 e. The zero-order chi connectivity index (χ0) is 13.2. The Bertz CT molecular complexity index is 374. The van der Waals surface area contributed by atoms with Crippen LogP contribution in [0.25, 0.3) is 0 Å². The molecule has 100 valence electrons. The highest BCUT2D eigenvalue weighted by molar-refractivity contribution is 5.81. The number of aliphatic hydroxyl groups is 2. The summed E-state index contributed by atoms with van der Waals surface area (Å²) in [6, 6.07) is 0. The molecule has 2 N–H and O–H groups in total. The number of ether oxygens (including phenoxy) is 1. The molecular weight excluding hydrogens is 232 g/mol. The van der Waals surface area contributed by atoms with Gasteiger partial charge in [-0.05, 0) is 24.7 Å². The number of carbonyl (C=O) groups excluding carboxylic acids is 1. The Morgan fingerprint density at radius 3 is 2.11 bits per heavy atom. The van der Waals surface area contributed by atoms with Crippen LogP contribution in [-0.2, 0) is 9.53 Å². The number of carbonyl (C=O) groups is 1. The second-order valence-corrected chi connectivity index (χ2v) is 7.13. The Balaban J connectivity index is 1.98. The van der Waals surface area contributed by atoms with Gasteiger partial charge in [0.2, 0.25) is 0 Å². The van der Waals surface area contributed by atoms with Crippen molar-refractivity contribution < 1.29 is 19.7 Å². The van der Waals surface area contributed by atoms with Crippen LogP contribution in [0, 0.1) is 5.41 Å². The first-order valence-corrected chi connectivity index (χ1v) is 6.50. The fourth-order valence-corrected chi connectivity index (χ4v) is 5.29. The lowest BCUT2D eigenvalue weighted by Gasteiger charge is -2.65. The Labute approximate surface area is 107 Å². The van der Waals surface area contributed by atoms with Crippen LogP contribution >= 0.6 is 0 Å². The van der Waals surface area contributed by atoms with Crippen LogP contribution in [0.1, 0.15) is 45.4 Å². The molecule has 0 radical (unpaired) electrons. The van der Waals surface area contributed by atoms with E-state index in [0.29, 0.717) is 32.1 Å². The van der Waals surface area contributed by atoms with Gasteiger partial charge in [-0.15, -0.1) is 0 Å². The standard InChI is InChI=1S/C14H20O4/c1-3-10(15)18-14-6-11(2)4-12(16,8-14)7-13(17,5-11)9-14/h3,16-17H,1,4-9H2,2H3. The molecule has 4 nitrogen and oxygen atoms in total. The summed E-state index contributed by atoms with van der Waals surface area (Å²) in [7, 11) is 0. The molecule has 0 heterocycles. The summed E-state index contributed by atoms with van der Waals surface area (Å²) in [6.45, 7) is 5.48. The van der Waals surface area contributed by atoms with E-state index in [4.69, 9.17) is 4.74 Å². The van der Waals surface area contributed by atoms with Crippen molar-refractivity contribution in [2.75, 3.05) is 0 Å². The molecule has 0 aliphatic heterocycles. The van der Waals surface area contributed by atoms with Gasteiger partial charge in [-0.1, -0.05) is 13.5 Å². The SMILES string of the molecule is C=CC(=O)OC12CC3(C)CC(O)(CC(O)(C3)C1)C2. The fraction of sp³-hybridized carbons (Fsp3) is 0.786. The van der Waals surface area contributed by atoms with Gasteiger partial charge in [0.1, 0.15) is 5.60 Å². The second kappa shape index (κ2) is 3.17. The predicted molar refractivity (Wildman–Crippen MR) is 64.7 cm³/mol. The van der Waals surface area contributed by atoms with E-state index < -0.39 is 22.8 Å². The fourth-order valence-electron chi connectivity index (χ4n) is 5.29. The van der Waals surface area contributed by atoms with E-state index in [9.17, 15) is 15.0 Å². The summed E-state index contributed by atoms with van der Waals surface area (Å²) in [5.41, 5.74) is -2.63. The lowest BCUT2D eigenvalue weighted by Crippen LogP contribution is -2.69. The van der Waals surface area contributed by atoms with Gasteiger partial charge in [-0.3, -0.25) is 0 Å². The Kier molecular flexibility index (Phi) is 2.14. The molecule has 0 aromatic heterocycles. The van der Waals surface area contributed by atoms with Crippen LogP contribution in [0.3, 0.4) is 0 Å². The molecule has 0 aromatic carbocycles. The van der Waals surface area contributed by atoms with E-state index in [1.54, 1.807) is 0 Å². The molecule has 4 aliphatic carbocycles. The molecule has 0 saturated heterocycles. The quantitative estimate of drug-likeness (QED) is 0.574. The average molecular weight is 252 g/mol. The molecule has 0 amide bonds. The Hall–Kier alpha value is -0.870. The minimum Gasteiger partial charge on any atom is -0.456 e. The summed E-state index contributed by atoms with van der Waals surface area (Å²) in [5.74, 6) is -0.465. The smallest absolute Gasteiger partial charge is 0.330 e. The van der Waals surface area contributed by atoms with Crippen LogP contribution < -0.4 is 0 Å². The zero-order valence-electron chi connectivity index (χ0n) is 10.7. The van der Waals surface area contributed by atoms with Gasteiger partial charge >= 0.3 is 5.97 Å². The highest BCUT2D eigenvalue weighted by atomic mass is 16.6. The average Bonchev–Trinajstić information content (AvgIpc) is 2.08. The molecule has 18 heavy (non-hydrogen) atoms. The number of esters is 1. The minimum atomic E-state index is -0.889. The molecule has 4 bridgehead atoms. The third-order valence-electron chi connectivity index (χ3n) is 4.70. The molecule has 0 spiro atoms. The van der Waals surface area contributed by atoms with Crippen LogP contribution in [-0.4, -0.2) is 33.0 Å². The van der Waals surface area contributed by atoms with Crippen molar-refractivity contribution >= 4 is 5.97 Å². The second-order valence-electron chi connectivity index (χ2n) is 7.13. The molecule has 4 aliphatic rings. The molecule has 4 fully saturated rings. The summed E-state index contributed by atoms with van der Waals surface area (Å²) in [4.78, 5) is 11.5. The van der Waals surface area contributed by atoms with Gasteiger partial charge in [-0.25, -0.2) is 4.79 Å². The van der Waals surface area contributed by atoms with E-state index >= 15 is 0 Å². The third kappa shape index (κ3) is 1.70. The van der Waals surface area contributed by atoms with Gasteiger partial charge in [-0.2, -0.15) is 0 Å². The number of hydrogen-bond donors (Lipinski definition) is 2. The first kappa shape index (κ1) is 12.2. The molecule has 2 unspecified atom stereocenters. The van der Waals surface area contributed by atoms with E-state index in [-0.39, 0.29) is 5.41 Å². The van der Waals surface area contributed by atoms with Gasteiger partial charge < -0.3 is 14.9 Å². The van der Waals surface area contributed by atoms with Gasteiger partial charge in [0.15, 0.2) is 0 Å². The monoisotopic (exact) mass is 252 g/mol. The topological polar surface area (TPSA) is 66.8 Å². The van der Waals surface area contributed by atoms with Crippen LogP contribution in [0.5, 0.6) is 0 Å². The third-order valence-corrected chi connectivity index (χ3v) is 4.70. The summed E-state index contributed by atoms with van der Waals surface area (Å²) in [5, 5.41) is 21.2. The zero-order valence-corrected chi connectivity index (χ0v) is 10.7. The molecule has 0 aromatic rings. The van der Waals surface area contributed by atoms with E-state index in [0.717, 1.165) is 12.5 Å². The highest BCUT2D eigenvalue weighted by Gasteiger charge is 2.68. The van der Waals surface area contributed by atoms with Crippen molar-refractivity contribution in [3.63, 3.8) is 0 Å². The molecule has 4 heteroatoms. The van der Waals surface area contributed by atoms with Crippen molar-refractivity contribution in [1.29, 1.82) is 0 Å². The van der Waals surface area contributed by atoms with Crippen molar-refractivity contribution in [1.82, 2.24) is 0 Å². The normalized spacial score (nSPS) is 53.3. The van der Waals surface area contributed by atoms with Gasteiger partial charge in [0.25, 0.3) is 0 Å². The predicted octanol–water partition coefficient (Wildman–Crippen LogP) is 1.30. The molecule has 4 rings (SSSR count). The summed E-state index contributed by atoms with van der Waals surface area (Å²) >= 11 is 0. The first-order valence-electron chi connectivity index (χ1n) is 6.50. The van der Waals surface area contributed by atoms with E-state index in [1.807, 2.05) is 0 Å². The molecule has 2 atom stereocenters. The van der Waals surface area contributed by atoms with Gasteiger partial charge in [0.05, 0.1) is 11.2 Å². The number of hydrogen-bond acceptors (Lipinski definition) is 4. The Morgan fingerprint density at radius 2 is 1.67 bits per heavy atom. The maximum absolute atomic E-state index is 11.5. The number of rotatable bonds is 2. The maximum Gasteiger partial charge on any atom is 0.330 e. The highest BCUT2D eigenvalue weighted by Crippen LogP contribution is 2.65. The van der Waals surface area contributed by atoms with Crippen molar-refractivity contribution in [2.45, 2.75) is 62.3 Å². The lowest BCUT2D eigenvalue weighted by molar-refractivity contribution is -0.280. The van der Waals surface area contributed by atoms with Crippen molar-refractivity contribution in [3.8, 4) is 0 Å². The van der Waals surface area contributed by atoms with E-state index in [2.05, 4.69) is 13.5 Å². The Morgan fingerprint density at radius 1 is 1.11 bits per heavy atom.